The maximum atomic E-state index is 12.1. The topological polar surface area (TPSA) is 68.0 Å². The van der Waals surface area contributed by atoms with E-state index in [0.717, 1.165) is 12.0 Å². The quantitative estimate of drug-likeness (QED) is 0.809. The minimum Gasteiger partial charge on any atom is -0.352 e. The van der Waals surface area contributed by atoms with Crippen LogP contribution in [0.2, 0.25) is 5.02 Å². The molecule has 0 bridgehead atoms. The number of hydrogen-bond donors (Lipinski definition) is 1. The predicted octanol–water partition coefficient (Wildman–Crippen LogP) is 4.32. The highest BCUT2D eigenvalue weighted by Gasteiger charge is 2.22. The van der Waals surface area contributed by atoms with Crippen molar-refractivity contribution in [3.05, 3.63) is 35.2 Å². The van der Waals surface area contributed by atoms with Crippen molar-refractivity contribution in [2.24, 2.45) is 5.92 Å². The van der Waals surface area contributed by atoms with E-state index < -0.39 is 0 Å². The Kier molecular flexibility index (Phi) is 6.37. The van der Waals surface area contributed by atoms with E-state index in [1.54, 1.807) is 12.1 Å². The van der Waals surface area contributed by atoms with E-state index in [4.69, 9.17) is 16.1 Å². The Labute approximate surface area is 156 Å². The highest BCUT2D eigenvalue weighted by molar-refractivity contribution is 7.99. The van der Waals surface area contributed by atoms with Crippen LogP contribution in [0.3, 0.4) is 0 Å². The Hall–Kier alpha value is -1.53. The third kappa shape index (κ3) is 5.22. The lowest BCUT2D eigenvalue weighted by Crippen LogP contribution is -2.41. The molecule has 0 unspecified atom stereocenters. The fourth-order valence-corrected chi connectivity index (χ4v) is 3.92. The van der Waals surface area contributed by atoms with Gasteiger partial charge in [0.1, 0.15) is 0 Å². The molecular formula is C18H22ClN3O2S. The van der Waals surface area contributed by atoms with Crippen LogP contribution in [0.1, 0.15) is 38.5 Å². The summed E-state index contributed by atoms with van der Waals surface area (Å²) >= 11 is 7.46. The molecule has 1 aromatic heterocycles. The number of carbonyl (C=O) groups excluding carboxylic acids is 1. The van der Waals surface area contributed by atoms with Crippen molar-refractivity contribution in [1.82, 2.24) is 15.5 Å². The molecule has 0 aliphatic heterocycles. The number of nitrogens with one attached hydrogen (secondary N) is 1. The first-order chi connectivity index (χ1) is 12.1. The van der Waals surface area contributed by atoms with Crippen molar-refractivity contribution < 1.29 is 9.32 Å². The fraction of sp³-hybridized carbons (Fsp3) is 0.500. The SMILES string of the molecule is C[C@H]1CCCC[C@@H]1NC(=O)CSCc1nc(-c2cccc(Cl)c2)no1. The van der Waals surface area contributed by atoms with Crippen molar-refractivity contribution >= 4 is 29.3 Å². The van der Waals surface area contributed by atoms with Crippen LogP contribution in [0.15, 0.2) is 28.8 Å². The standard InChI is InChI=1S/C18H22ClN3O2S/c1-12-5-2-3-8-15(12)20-16(23)10-25-11-17-21-18(22-24-17)13-6-4-7-14(19)9-13/h4,6-7,9,12,15H,2-3,5,8,10-11H2,1H3,(H,20,23)/t12-,15-/m0/s1. The maximum Gasteiger partial charge on any atom is 0.236 e. The summed E-state index contributed by atoms with van der Waals surface area (Å²) < 4.78 is 5.25. The van der Waals surface area contributed by atoms with Crippen LogP contribution in [-0.4, -0.2) is 27.8 Å². The lowest BCUT2D eigenvalue weighted by Gasteiger charge is -2.29. The van der Waals surface area contributed by atoms with Gasteiger partial charge in [-0.1, -0.05) is 48.7 Å². The van der Waals surface area contributed by atoms with Gasteiger partial charge < -0.3 is 9.84 Å². The lowest BCUT2D eigenvalue weighted by atomic mass is 9.86. The summed E-state index contributed by atoms with van der Waals surface area (Å²) in [5, 5.41) is 7.75. The average Bonchev–Trinajstić information content (AvgIpc) is 3.06. The maximum absolute atomic E-state index is 12.1. The molecule has 134 valence electrons. The van der Waals surface area contributed by atoms with Crippen LogP contribution in [0, 0.1) is 5.92 Å². The van der Waals surface area contributed by atoms with E-state index in [0.29, 0.717) is 40.2 Å². The van der Waals surface area contributed by atoms with Crippen LogP contribution in [0.5, 0.6) is 0 Å². The van der Waals surface area contributed by atoms with Gasteiger partial charge in [-0.05, 0) is 30.9 Å². The van der Waals surface area contributed by atoms with E-state index in [1.165, 1.54) is 31.0 Å². The van der Waals surface area contributed by atoms with E-state index in [9.17, 15) is 4.79 Å². The van der Waals surface area contributed by atoms with Crippen LogP contribution in [0.25, 0.3) is 11.4 Å². The summed E-state index contributed by atoms with van der Waals surface area (Å²) in [6.45, 7) is 2.22. The summed E-state index contributed by atoms with van der Waals surface area (Å²) in [4.78, 5) is 16.5. The molecule has 3 rings (SSSR count). The van der Waals surface area contributed by atoms with Crippen molar-refractivity contribution in [2.45, 2.75) is 44.4 Å². The van der Waals surface area contributed by atoms with Crippen LogP contribution in [-0.2, 0) is 10.5 Å². The Morgan fingerprint density at radius 3 is 3.04 bits per heavy atom. The van der Waals surface area contributed by atoms with Gasteiger partial charge in [0.25, 0.3) is 0 Å². The third-order valence-electron chi connectivity index (χ3n) is 4.47. The Morgan fingerprint density at radius 2 is 2.24 bits per heavy atom. The van der Waals surface area contributed by atoms with Gasteiger partial charge in [0.2, 0.25) is 17.6 Å². The number of carbonyl (C=O) groups is 1. The van der Waals surface area contributed by atoms with E-state index in [1.807, 2.05) is 12.1 Å². The fourth-order valence-electron chi connectivity index (χ4n) is 3.07. The lowest BCUT2D eigenvalue weighted by molar-refractivity contribution is -0.119. The third-order valence-corrected chi connectivity index (χ3v) is 5.62. The van der Waals surface area contributed by atoms with Crippen molar-refractivity contribution in [3.8, 4) is 11.4 Å². The summed E-state index contributed by atoms with van der Waals surface area (Å²) in [6.07, 6.45) is 4.77. The molecule has 25 heavy (non-hydrogen) atoms. The molecule has 1 heterocycles. The van der Waals surface area contributed by atoms with Gasteiger partial charge in [0.15, 0.2) is 0 Å². The highest BCUT2D eigenvalue weighted by Crippen LogP contribution is 2.24. The van der Waals surface area contributed by atoms with E-state index in [2.05, 4.69) is 22.4 Å². The molecule has 1 saturated carbocycles. The number of hydrogen-bond acceptors (Lipinski definition) is 5. The minimum absolute atomic E-state index is 0.0818. The molecule has 0 saturated heterocycles. The summed E-state index contributed by atoms with van der Waals surface area (Å²) in [5.74, 6) is 2.59. The second kappa shape index (κ2) is 8.72. The van der Waals surface area contributed by atoms with Gasteiger partial charge in [-0.25, -0.2) is 0 Å². The normalized spacial score (nSPS) is 20.4. The number of rotatable bonds is 6. The summed E-state index contributed by atoms with van der Waals surface area (Å²) in [7, 11) is 0. The molecule has 5 nitrogen and oxygen atoms in total. The van der Waals surface area contributed by atoms with Gasteiger partial charge in [-0.15, -0.1) is 11.8 Å². The summed E-state index contributed by atoms with van der Waals surface area (Å²) in [5.41, 5.74) is 0.816. The zero-order chi connectivity index (χ0) is 17.6. The molecule has 1 aromatic carbocycles. The van der Waals surface area contributed by atoms with E-state index >= 15 is 0 Å². The average molecular weight is 380 g/mol. The summed E-state index contributed by atoms with van der Waals surface area (Å²) in [6, 6.07) is 7.64. The number of aromatic nitrogens is 2. The van der Waals surface area contributed by atoms with Crippen molar-refractivity contribution in [1.29, 1.82) is 0 Å². The molecule has 1 amide bonds. The molecule has 1 aliphatic rings. The van der Waals surface area contributed by atoms with Gasteiger partial charge in [-0.3, -0.25) is 4.79 Å². The number of nitrogens with zero attached hydrogens (tertiary/aromatic N) is 2. The van der Waals surface area contributed by atoms with E-state index in [-0.39, 0.29) is 5.91 Å². The van der Waals surface area contributed by atoms with Crippen molar-refractivity contribution in [2.75, 3.05) is 5.75 Å². The number of halogens is 1. The largest absolute Gasteiger partial charge is 0.352 e. The molecule has 1 N–H and O–H groups in total. The second-order valence-corrected chi connectivity index (χ2v) is 7.87. The molecule has 2 atom stereocenters. The van der Waals surface area contributed by atoms with Crippen LogP contribution >= 0.6 is 23.4 Å². The highest BCUT2D eigenvalue weighted by atomic mass is 35.5. The smallest absolute Gasteiger partial charge is 0.236 e. The van der Waals surface area contributed by atoms with Crippen LogP contribution < -0.4 is 5.32 Å². The molecule has 1 aliphatic carbocycles. The van der Waals surface area contributed by atoms with Crippen LogP contribution in [0.4, 0.5) is 0 Å². The van der Waals surface area contributed by atoms with Gasteiger partial charge in [0, 0.05) is 16.6 Å². The Morgan fingerprint density at radius 1 is 1.40 bits per heavy atom. The van der Waals surface area contributed by atoms with Gasteiger partial charge >= 0.3 is 0 Å². The zero-order valence-corrected chi connectivity index (χ0v) is 15.8. The number of benzene rings is 1. The zero-order valence-electron chi connectivity index (χ0n) is 14.2. The van der Waals surface area contributed by atoms with Gasteiger partial charge in [0.05, 0.1) is 11.5 Å². The van der Waals surface area contributed by atoms with Gasteiger partial charge in [-0.2, -0.15) is 4.98 Å². The number of thioether (sulfide) groups is 1. The van der Waals surface area contributed by atoms with Crippen molar-refractivity contribution in [3.63, 3.8) is 0 Å². The molecule has 0 radical (unpaired) electrons. The first-order valence-electron chi connectivity index (χ1n) is 8.57. The minimum atomic E-state index is 0.0818. The Bertz CT molecular complexity index is 722. The second-order valence-electron chi connectivity index (χ2n) is 6.45. The number of amides is 1. The predicted molar refractivity (Wildman–Crippen MR) is 100 cm³/mol. The molecule has 0 spiro atoms. The first kappa shape index (κ1) is 18.3. The molecule has 1 fully saturated rings. The monoisotopic (exact) mass is 379 g/mol. The Balaban J connectivity index is 1.45. The molecule has 2 aromatic rings. The molecule has 7 heteroatoms. The first-order valence-corrected chi connectivity index (χ1v) is 10.1. The molecular weight excluding hydrogens is 358 g/mol.